The Bertz CT molecular complexity index is 335. The second-order valence-corrected chi connectivity index (χ2v) is 3.98. The summed E-state index contributed by atoms with van der Waals surface area (Å²) >= 11 is 0. The van der Waals surface area contributed by atoms with Crippen LogP contribution in [0.4, 0.5) is 5.69 Å². The van der Waals surface area contributed by atoms with Crippen LogP contribution in [-0.2, 0) is 0 Å². The summed E-state index contributed by atoms with van der Waals surface area (Å²) in [6, 6.07) is 4.05. The molecule has 1 aromatic heterocycles. The van der Waals surface area contributed by atoms with Gasteiger partial charge < -0.3 is 14.5 Å². The summed E-state index contributed by atoms with van der Waals surface area (Å²) in [5.74, 6) is 0.690. The molecule has 0 unspecified atom stereocenters. The molecule has 0 aliphatic carbocycles. The number of piperazine rings is 1. The molecule has 1 aromatic rings. The SMILES string of the molecule is CCN1CCN(c2ccnc(OC)c2)CC1. The van der Waals surface area contributed by atoms with Crippen molar-refractivity contribution in [1.29, 1.82) is 0 Å². The van der Waals surface area contributed by atoms with Crippen molar-refractivity contribution in [3.8, 4) is 5.88 Å². The second-order valence-electron chi connectivity index (χ2n) is 3.98. The van der Waals surface area contributed by atoms with Crippen LogP contribution in [0.15, 0.2) is 18.3 Å². The van der Waals surface area contributed by atoms with E-state index in [-0.39, 0.29) is 0 Å². The van der Waals surface area contributed by atoms with Crippen molar-refractivity contribution >= 4 is 5.69 Å². The summed E-state index contributed by atoms with van der Waals surface area (Å²) in [6.07, 6.45) is 1.81. The molecule has 2 rings (SSSR count). The highest BCUT2D eigenvalue weighted by atomic mass is 16.5. The highest BCUT2D eigenvalue weighted by Crippen LogP contribution is 2.19. The number of ether oxygens (including phenoxy) is 1. The Morgan fingerprint density at radius 2 is 2.06 bits per heavy atom. The van der Waals surface area contributed by atoms with Crippen LogP contribution in [0, 0.1) is 0 Å². The molecule has 1 fully saturated rings. The molecule has 2 heterocycles. The third-order valence-corrected chi connectivity index (χ3v) is 3.11. The van der Waals surface area contributed by atoms with Gasteiger partial charge >= 0.3 is 0 Å². The van der Waals surface area contributed by atoms with Gasteiger partial charge in [-0.05, 0) is 12.6 Å². The maximum atomic E-state index is 5.14. The molecule has 1 saturated heterocycles. The van der Waals surface area contributed by atoms with Crippen LogP contribution in [0.2, 0.25) is 0 Å². The van der Waals surface area contributed by atoms with Crippen LogP contribution in [0.3, 0.4) is 0 Å². The minimum atomic E-state index is 0.690. The molecular weight excluding hydrogens is 202 g/mol. The minimum absolute atomic E-state index is 0.690. The Balaban J connectivity index is 2.02. The zero-order chi connectivity index (χ0) is 11.4. The topological polar surface area (TPSA) is 28.6 Å². The summed E-state index contributed by atoms with van der Waals surface area (Å²) in [6.45, 7) is 7.81. The van der Waals surface area contributed by atoms with Gasteiger partial charge in [0.1, 0.15) is 0 Å². The summed E-state index contributed by atoms with van der Waals surface area (Å²) < 4.78 is 5.14. The molecular formula is C12H19N3O. The Morgan fingerprint density at radius 1 is 1.31 bits per heavy atom. The zero-order valence-corrected chi connectivity index (χ0v) is 10.0. The fourth-order valence-corrected chi connectivity index (χ4v) is 2.03. The molecule has 0 bridgehead atoms. The predicted molar refractivity (Wildman–Crippen MR) is 65.1 cm³/mol. The number of anilines is 1. The van der Waals surface area contributed by atoms with Gasteiger partial charge in [-0.3, -0.25) is 0 Å². The van der Waals surface area contributed by atoms with E-state index in [4.69, 9.17) is 4.74 Å². The number of hydrogen-bond donors (Lipinski definition) is 0. The fraction of sp³-hybridized carbons (Fsp3) is 0.583. The van der Waals surface area contributed by atoms with Crippen molar-refractivity contribution in [2.45, 2.75) is 6.92 Å². The standard InChI is InChI=1S/C12H19N3O/c1-3-14-6-8-15(9-7-14)11-4-5-13-12(10-11)16-2/h4-5,10H,3,6-9H2,1-2H3. The van der Waals surface area contributed by atoms with Crippen molar-refractivity contribution in [3.63, 3.8) is 0 Å². The number of pyridine rings is 1. The number of rotatable bonds is 3. The molecule has 0 atom stereocenters. The van der Waals surface area contributed by atoms with E-state index in [1.54, 1.807) is 13.3 Å². The van der Waals surface area contributed by atoms with Crippen LogP contribution >= 0.6 is 0 Å². The average Bonchev–Trinajstić information content (AvgIpc) is 2.39. The van der Waals surface area contributed by atoms with E-state index >= 15 is 0 Å². The van der Waals surface area contributed by atoms with E-state index in [1.807, 2.05) is 12.1 Å². The van der Waals surface area contributed by atoms with Crippen LogP contribution in [0.5, 0.6) is 5.88 Å². The van der Waals surface area contributed by atoms with Gasteiger partial charge in [-0.2, -0.15) is 0 Å². The van der Waals surface area contributed by atoms with Gasteiger partial charge in [0.05, 0.1) is 7.11 Å². The first-order chi connectivity index (χ1) is 7.83. The summed E-state index contributed by atoms with van der Waals surface area (Å²) in [4.78, 5) is 8.98. The van der Waals surface area contributed by atoms with E-state index in [0.29, 0.717) is 5.88 Å². The van der Waals surface area contributed by atoms with Gasteiger partial charge in [-0.1, -0.05) is 6.92 Å². The van der Waals surface area contributed by atoms with Crippen molar-refractivity contribution < 1.29 is 4.74 Å². The summed E-state index contributed by atoms with van der Waals surface area (Å²) in [7, 11) is 1.65. The molecule has 4 nitrogen and oxygen atoms in total. The molecule has 1 aliphatic rings. The Labute approximate surface area is 96.8 Å². The van der Waals surface area contributed by atoms with Crippen LogP contribution < -0.4 is 9.64 Å². The molecule has 0 aromatic carbocycles. The number of methoxy groups -OCH3 is 1. The summed E-state index contributed by atoms with van der Waals surface area (Å²) in [5, 5.41) is 0. The van der Waals surface area contributed by atoms with Gasteiger partial charge in [0.2, 0.25) is 5.88 Å². The normalized spacial score (nSPS) is 17.5. The molecule has 0 saturated carbocycles. The van der Waals surface area contributed by atoms with E-state index in [1.165, 1.54) is 5.69 Å². The Kier molecular flexibility index (Phi) is 3.62. The monoisotopic (exact) mass is 221 g/mol. The third kappa shape index (κ3) is 2.44. The quantitative estimate of drug-likeness (QED) is 0.767. The predicted octanol–water partition coefficient (Wildman–Crippen LogP) is 1.23. The van der Waals surface area contributed by atoms with Crippen molar-refractivity contribution in [2.24, 2.45) is 0 Å². The Morgan fingerprint density at radius 3 is 2.69 bits per heavy atom. The molecule has 0 spiro atoms. The highest BCUT2D eigenvalue weighted by Gasteiger charge is 2.16. The molecule has 16 heavy (non-hydrogen) atoms. The molecule has 0 N–H and O–H groups in total. The van der Waals surface area contributed by atoms with E-state index in [2.05, 4.69) is 21.7 Å². The van der Waals surface area contributed by atoms with Gasteiger partial charge in [-0.15, -0.1) is 0 Å². The van der Waals surface area contributed by atoms with E-state index in [0.717, 1.165) is 32.7 Å². The smallest absolute Gasteiger partial charge is 0.214 e. The lowest BCUT2D eigenvalue weighted by atomic mass is 10.2. The van der Waals surface area contributed by atoms with Gasteiger partial charge in [0.15, 0.2) is 0 Å². The van der Waals surface area contributed by atoms with Crippen LogP contribution in [0.1, 0.15) is 6.92 Å². The van der Waals surface area contributed by atoms with Crippen LogP contribution in [0.25, 0.3) is 0 Å². The molecule has 88 valence electrons. The molecule has 0 radical (unpaired) electrons. The number of nitrogens with zero attached hydrogens (tertiary/aromatic N) is 3. The van der Waals surface area contributed by atoms with Crippen molar-refractivity contribution in [2.75, 3.05) is 44.7 Å². The third-order valence-electron chi connectivity index (χ3n) is 3.11. The highest BCUT2D eigenvalue weighted by molar-refractivity contribution is 5.48. The first-order valence-electron chi connectivity index (χ1n) is 5.81. The maximum Gasteiger partial charge on any atom is 0.214 e. The number of hydrogen-bond acceptors (Lipinski definition) is 4. The first-order valence-corrected chi connectivity index (χ1v) is 5.81. The van der Waals surface area contributed by atoms with Gasteiger partial charge in [-0.25, -0.2) is 4.98 Å². The average molecular weight is 221 g/mol. The van der Waals surface area contributed by atoms with Crippen molar-refractivity contribution in [3.05, 3.63) is 18.3 Å². The van der Waals surface area contributed by atoms with Gasteiger partial charge in [0.25, 0.3) is 0 Å². The van der Waals surface area contributed by atoms with E-state index in [9.17, 15) is 0 Å². The largest absolute Gasteiger partial charge is 0.481 e. The molecule has 0 amide bonds. The lowest BCUT2D eigenvalue weighted by Crippen LogP contribution is -2.46. The Hall–Kier alpha value is -1.29. The number of likely N-dealkylation sites (N-methyl/N-ethyl adjacent to an activating group) is 1. The maximum absolute atomic E-state index is 5.14. The minimum Gasteiger partial charge on any atom is -0.481 e. The summed E-state index contributed by atoms with van der Waals surface area (Å²) in [5.41, 5.74) is 1.21. The van der Waals surface area contributed by atoms with E-state index < -0.39 is 0 Å². The molecule has 4 heteroatoms. The fourth-order valence-electron chi connectivity index (χ4n) is 2.03. The second kappa shape index (κ2) is 5.16. The lowest BCUT2D eigenvalue weighted by molar-refractivity contribution is 0.271. The lowest BCUT2D eigenvalue weighted by Gasteiger charge is -2.35. The van der Waals surface area contributed by atoms with Crippen molar-refractivity contribution in [1.82, 2.24) is 9.88 Å². The zero-order valence-electron chi connectivity index (χ0n) is 10.0. The van der Waals surface area contributed by atoms with Crippen LogP contribution in [-0.4, -0.2) is 49.7 Å². The number of aromatic nitrogens is 1. The first kappa shape index (κ1) is 11.2. The molecule has 1 aliphatic heterocycles. The van der Waals surface area contributed by atoms with Gasteiger partial charge in [0, 0.05) is 44.1 Å².